The quantitative estimate of drug-likeness (QED) is 0.768. The van der Waals surface area contributed by atoms with Gasteiger partial charge in [0.1, 0.15) is 0 Å². The highest BCUT2D eigenvalue weighted by atomic mass is 32.2. The molecule has 3 heteroatoms. The summed E-state index contributed by atoms with van der Waals surface area (Å²) in [6, 6.07) is 1.11. The average molecular weight is 282 g/mol. The van der Waals surface area contributed by atoms with Crippen molar-refractivity contribution in [3.63, 3.8) is 0 Å². The first-order chi connectivity index (χ1) is 8.76. The molecule has 1 heterocycles. The molecule has 0 spiro atoms. The van der Waals surface area contributed by atoms with Gasteiger partial charge in [-0.25, -0.2) is 0 Å². The van der Waals surface area contributed by atoms with E-state index < -0.39 is 0 Å². The Balaban J connectivity index is 1.96. The lowest BCUT2D eigenvalue weighted by molar-refractivity contribution is 0.211. The molecule has 110 valence electrons. The number of nitrogens with one attached hydrogen (secondary N) is 1. The fraction of sp³-hybridized carbons (Fsp3) is 0.938. The van der Waals surface area contributed by atoms with Crippen LogP contribution in [0.5, 0.6) is 0 Å². The summed E-state index contributed by atoms with van der Waals surface area (Å²) in [6.45, 7) is 11.7. The van der Waals surface area contributed by atoms with Crippen LogP contribution in [0, 0.1) is 10.8 Å². The molecule has 0 aromatic carbocycles. The fourth-order valence-corrected chi connectivity index (χ4v) is 4.20. The van der Waals surface area contributed by atoms with Gasteiger partial charge < -0.3 is 5.32 Å². The van der Waals surface area contributed by atoms with Crippen molar-refractivity contribution < 1.29 is 0 Å². The van der Waals surface area contributed by atoms with Gasteiger partial charge in [-0.05, 0) is 36.5 Å². The Morgan fingerprint density at radius 3 is 2.63 bits per heavy atom. The first-order valence-corrected chi connectivity index (χ1v) is 8.72. The first kappa shape index (κ1) is 15.2. The molecule has 1 aliphatic carbocycles. The van der Waals surface area contributed by atoms with Gasteiger partial charge in [-0.2, -0.15) is 0 Å². The van der Waals surface area contributed by atoms with Crippen molar-refractivity contribution in [2.24, 2.45) is 15.8 Å². The topological polar surface area (TPSA) is 24.4 Å². The Morgan fingerprint density at radius 2 is 2.00 bits per heavy atom. The maximum atomic E-state index is 4.96. The normalized spacial score (nSPS) is 31.7. The molecule has 1 aliphatic heterocycles. The van der Waals surface area contributed by atoms with E-state index in [1.165, 1.54) is 43.0 Å². The van der Waals surface area contributed by atoms with Gasteiger partial charge in [-0.1, -0.05) is 52.8 Å². The summed E-state index contributed by atoms with van der Waals surface area (Å²) in [5.74, 6) is 1.21. The molecule has 2 aliphatic rings. The molecule has 0 bridgehead atoms. The number of amidine groups is 1. The highest BCUT2D eigenvalue weighted by Gasteiger charge is 2.31. The first-order valence-electron chi connectivity index (χ1n) is 7.73. The van der Waals surface area contributed by atoms with E-state index in [1.54, 1.807) is 0 Å². The van der Waals surface area contributed by atoms with Crippen LogP contribution in [-0.2, 0) is 0 Å². The summed E-state index contributed by atoms with van der Waals surface area (Å²) in [7, 11) is 0. The van der Waals surface area contributed by atoms with E-state index in [4.69, 9.17) is 4.99 Å². The molecule has 1 fully saturated rings. The molecular formula is C16H30N2S. The molecule has 2 atom stereocenters. The minimum Gasteiger partial charge on any atom is -0.362 e. The van der Waals surface area contributed by atoms with Gasteiger partial charge in [0.2, 0.25) is 0 Å². The summed E-state index contributed by atoms with van der Waals surface area (Å²) in [5.41, 5.74) is 0.791. The fourth-order valence-electron chi connectivity index (χ4n) is 3.21. The van der Waals surface area contributed by atoms with Crippen LogP contribution in [0.3, 0.4) is 0 Å². The van der Waals surface area contributed by atoms with E-state index in [-0.39, 0.29) is 0 Å². The van der Waals surface area contributed by atoms with Gasteiger partial charge in [0.15, 0.2) is 5.17 Å². The Bertz CT molecular complexity index is 341. The monoisotopic (exact) mass is 282 g/mol. The zero-order chi connectivity index (χ0) is 14.1. The number of hydrogen-bond donors (Lipinski definition) is 1. The predicted octanol–water partition coefficient (Wildman–Crippen LogP) is 4.45. The van der Waals surface area contributed by atoms with E-state index in [0.29, 0.717) is 22.9 Å². The maximum absolute atomic E-state index is 4.96. The van der Waals surface area contributed by atoms with Gasteiger partial charge in [0.05, 0.1) is 6.04 Å². The molecule has 19 heavy (non-hydrogen) atoms. The van der Waals surface area contributed by atoms with Crippen molar-refractivity contribution in [3.8, 4) is 0 Å². The van der Waals surface area contributed by atoms with E-state index >= 15 is 0 Å². The largest absolute Gasteiger partial charge is 0.362 e. The zero-order valence-corrected chi connectivity index (χ0v) is 14.1. The summed E-state index contributed by atoms with van der Waals surface area (Å²) in [5, 5.41) is 4.93. The number of aliphatic imine (C=N–C) groups is 1. The van der Waals surface area contributed by atoms with Crippen molar-refractivity contribution >= 4 is 16.9 Å². The Labute approximate surface area is 123 Å². The van der Waals surface area contributed by atoms with Crippen LogP contribution in [0.25, 0.3) is 0 Å². The third-order valence-corrected chi connectivity index (χ3v) is 5.37. The van der Waals surface area contributed by atoms with Crippen molar-refractivity contribution in [3.05, 3.63) is 0 Å². The zero-order valence-electron chi connectivity index (χ0n) is 13.3. The van der Waals surface area contributed by atoms with Crippen molar-refractivity contribution in [1.82, 2.24) is 5.32 Å². The molecule has 2 nitrogen and oxygen atoms in total. The van der Waals surface area contributed by atoms with Crippen LogP contribution < -0.4 is 5.32 Å². The van der Waals surface area contributed by atoms with Gasteiger partial charge in [-0.3, -0.25) is 4.99 Å². The lowest BCUT2D eigenvalue weighted by atomic mass is 9.75. The Kier molecular flexibility index (Phi) is 4.54. The molecule has 0 amide bonds. The molecule has 0 radical (unpaired) electrons. The lowest BCUT2D eigenvalue weighted by Crippen LogP contribution is -2.42. The molecular weight excluding hydrogens is 252 g/mol. The van der Waals surface area contributed by atoms with E-state index in [9.17, 15) is 0 Å². The molecule has 2 unspecified atom stereocenters. The van der Waals surface area contributed by atoms with Crippen LogP contribution in [0.2, 0.25) is 0 Å². The minimum absolute atomic E-state index is 0.291. The van der Waals surface area contributed by atoms with Gasteiger partial charge in [0.25, 0.3) is 0 Å². The maximum Gasteiger partial charge on any atom is 0.157 e. The second-order valence-electron chi connectivity index (χ2n) is 8.06. The van der Waals surface area contributed by atoms with Gasteiger partial charge in [0, 0.05) is 11.8 Å². The summed E-state index contributed by atoms with van der Waals surface area (Å²) >= 11 is 1.92. The highest BCUT2D eigenvalue weighted by molar-refractivity contribution is 8.13. The van der Waals surface area contributed by atoms with Crippen molar-refractivity contribution in [2.75, 3.05) is 5.75 Å². The van der Waals surface area contributed by atoms with Gasteiger partial charge >= 0.3 is 0 Å². The third kappa shape index (κ3) is 4.40. The van der Waals surface area contributed by atoms with Crippen molar-refractivity contribution in [1.29, 1.82) is 0 Å². The number of hydrogen-bond acceptors (Lipinski definition) is 3. The molecule has 0 aromatic heterocycles. The van der Waals surface area contributed by atoms with Gasteiger partial charge in [-0.15, -0.1) is 0 Å². The summed E-state index contributed by atoms with van der Waals surface area (Å²) < 4.78 is 0. The number of nitrogens with zero attached hydrogens (tertiary/aromatic N) is 1. The smallest absolute Gasteiger partial charge is 0.157 e. The second-order valence-corrected chi connectivity index (χ2v) is 9.14. The minimum atomic E-state index is 0.291. The van der Waals surface area contributed by atoms with Crippen LogP contribution >= 0.6 is 11.8 Å². The van der Waals surface area contributed by atoms with Crippen LogP contribution in [0.15, 0.2) is 4.99 Å². The molecule has 1 N–H and O–H groups in total. The Hall–Kier alpha value is -0.180. The van der Waals surface area contributed by atoms with E-state index in [0.717, 1.165) is 0 Å². The SMILES string of the molecule is CC1(C)CCCC(NC2=NC(C(C)(C)C)CCS2)C1. The Morgan fingerprint density at radius 1 is 1.26 bits per heavy atom. The summed E-state index contributed by atoms with van der Waals surface area (Å²) in [6.07, 6.45) is 6.53. The van der Waals surface area contributed by atoms with E-state index in [1.807, 2.05) is 11.8 Å². The lowest BCUT2D eigenvalue weighted by Gasteiger charge is -2.37. The average Bonchev–Trinajstić information content (AvgIpc) is 2.26. The number of rotatable bonds is 1. The van der Waals surface area contributed by atoms with E-state index in [2.05, 4.69) is 39.9 Å². The standard InChI is InChI=1S/C16H30N2S/c1-15(2,3)13-8-10-19-14(18-13)17-12-7-6-9-16(4,5)11-12/h12-13H,6-11H2,1-5H3,(H,17,18). The van der Waals surface area contributed by atoms with Crippen LogP contribution in [0.4, 0.5) is 0 Å². The van der Waals surface area contributed by atoms with Crippen LogP contribution in [-0.4, -0.2) is 23.0 Å². The predicted molar refractivity (Wildman–Crippen MR) is 86.9 cm³/mol. The van der Waals surface area contributed by atoms with Crippen LogP contribution in [0.1, 0.15) is 66.7 Å². The molecule has 0 aromatic rings. The van der Waals surface area contributed by atoms with Crippen molar-refractivity contribution in [2.45, 2.75) is 78.8 Å². The molecule has 1 saturated carbocycles. The third-order valence-electron chi connectivity index (χ3n) is 4.44. The molecule has 2 rings (SSSR count). The molecule has 0 saturated heterocycles. The highest BCUT2D eigenvalue weighted by Crippen LogP contribution is 2.36. The second kappa shape index (κ2) is 5.67. The summed E-state index contributed by atoms with van der Waals surface area (Å²) in [4.78, 5) is 4.96. The number of thioether (sulfide) groups is 1.